The molecule has 0 aliphatic heterocycles. The highest BCUT2D eigenvalue weighted by atomic mass is 35.5. The largest absolute Gasteiger partial charge is 0.366 e. The number of rotatable bonds is 4. The minimum atomic E-state index is -0.475. The number of fused-ring (bicyclic) bond motifs is 1. The fourth-order valence-electron chi connectivity index (χ4n) is 2.81. The Hall–Kier alpha value is -2.79. The first kappa shape index (κ1) is 17.0. The van der Waals surface area contributed by atoms with Crippen LogP contribution in [0, 0.1) is 0 Å². The molecule has 0 saturated carbocycles. The lowest BCUT2D eigenvalue weighted by Gasteiger charge is -2.15. The number of hydrogen-bond donors (Lipinski definition) is 2. The fourth-order valence-corrected chi connectivity index (χ4v) is 2.98. The van der Waals surface area contributed by atoms with Crippen molar-refractivity contribution in [1.29, 1.82) is 0 Å². The number of benzene rings is 2. The van der Waals surface area contributed by atoms with Gasteiger partial charge in [0.25, 0.3) is 5.91 Å². The first-order valence-electron chi connectivity index (χ1n) is 7.82. The van der Waals surface area contributed by atoms with Crippen LogP contribution in [-0.4, -0.2) is 16.4 Å². The highest BCUT2D eigenvalue weighted by molar-refractivity contribution is 6.31. The summed E-state index contributed by atoms with van der Waals surface area (Å²) in [6.07, 6.45) is 0. The van der Waals surface area contributed by atoms with Gasteiger partial charge in [-0.1, -0.05) is 29.8 Å². The van der Waals surface area contributed by atoms with Crippen molar-refractivity contribution < 1.29 is 9.59 Å². The Bertz CT molecular complexity index is 961. The first-order valence-corrected chi connectivity index (χ1v) is 8.20. The van der Waals surface area contributed by atoms with E-state index < -0.39 is 5.91 Å². The molecule has 3 N–H and O–H groups in total. The van der Waals surface area contributed by atoms with Gasteiger partial charge in [0, 0.05) is 28.5 Å². The van der Waals surface area contributed by atoms with E-state index in [9.17, 15) is 9.59 Å². The third-order valence-corrected chi connectivity index (χ3v) is 4.52. The van der Waals surface area contributed by atoms with Crippen LogP contribution < -0.4 is 11.1 Å². The van der Waals surface area contributed by atoms with E-state index in [1.807, 2.05) is 36.7 Å². The highest BCUT2D eigenvalue weighted by Crippen LogP contribution is 2.23. The molecule has 0 aliphatic carbocycles. The molecule has 3 aromatic rings. The third-order valence-electron chi connectivity index (χ3n) is 4.28. The molecule has 0 unspecified atom stereocenters. The number of halogens is 1. The van der Waals surface area contributed by atoms with Gasteiger partial charge in [-0.05, 0) is 42.8 Å². The topological polar surface area (TPSA) is 77.1 Å². The molecule has 5 nitrogen and oxygen atoms in total. The summed E-state index contributed by atoms with van der Waals surface area (Å²) in [5, 5.41) is 4.55. The van der Waals surface area contributed by atoms with Crippen LogP contribution >= 0.6 is 11.6 Å². The van der Waals surface area contributed by atoms with Gasteiger partial charge in [-0.2, -0.15) is 0 Å². The maximum Gasteiger partial charge on any atom is 0.268 e. The molecule has 1 aromatic heterocycles. The van der Waals surface area contributed by atoms with Crippen LogP contribution in [0.4, 0.5) is 0 Å². The minimum absolute atomic E-state index is 0.179. The van der Waals surface area contributed by atoms with Crippen molar-refractivity contribution in [1.82, 2.24) is 9.88 Å². The number of nitrogens with two attached hydrogens (primary N) is 1. The molecule has 0 saturated heterocycles. The number of aromatic nitrogens is 1. The van der Waals surface area contributed by atoms with Crippen LogP contribution in [0.2, 0.25) is 5.02 Å². The molecule has 6 heteroatoms. The maximum atomic E-state index is 12.6. The van der Waals surface area contributed by atoms with Gasteiger partial charge in [-0.15, -0.1) is 0 Å². The Morgan fingerprint density at radius 3 is 2.44 bits per heavy atom. The van der Waals surface area contributed by atoms with E-state index in [1.165, 1.54) is 0 Å². The van der Waals surface area contributed by atoms with Crippen LogP contribution in [0.1, 0.15) is 39.4 Å². The molecule has 0 fully saturated rings. The second-order valence-corrected chi connectivity index (χ2v) is 6.41. The van der Waals surface area contributed by atoms with Crippen molar-refractivity contribution in [2.45, 2.75) is 13.0 Å². The normalized spacial score (nSPS) is 12.1. The second-order valence-electron chi connectivity index (χ2n) is 5.97. The van der Waals surface area contributed by atoms with Crippen molar-refractivity contribution in [3.05, 3.63) is 70.4 Å². The molecular weight excluding hydrogens is 338 g/mol. The molecule has 1 atom stereocenters. The standard InChI is InChI=1S/C19H18ClN3O2/c1-11(12-3-5-13(6-4-12)18(21)24)22-19(25)17-9-14-7-8-15(20)10-16(14)23(17)2/h3-11H,1-2H3,(H2,21,24)(H,22,25)/t11-/m1/s1. The van der Waals surface area contributed by atoms with Gasteiger partial charge < -0.3 is 15.6 Å². The molecule has 2 amide bonds. The number of hydrogen-bond acceptors (Lipinski definition) is 2. The van der Waals surface area contributed by atoms with E-state index in [4.69, 9.17) is 17.3 Å². The zero-order valence-corrected chi connectivity index (χ0v) is 14.7. The Balaban J connectivity index is 1.82. The Morgan fingerprint density at radius 1 is 1.12 bits per heavy atom. The number of amides is 2. The summed E-state index contributed by atoms with van der Waals surface area (Å²) in [5.41, 5.74) is 8.02. The molecule has 1 heterocycles. The fraction of sp³-hybridized carbons (Fsp3) is 0.158. The third kappa shape index (κ3) is 3.37. The minimum Gasteiger partial charge on any atom is -0.366 e. The van der Waals surface area contributed by atoms with Crippen molar-refractivity contribution in [2.24, 2.45) is 12.8 Å². The predicted octanol–water partition coefficient (Wildman–Crippen LogP) is 3.42. The summed E-state index contributed by atoms with van der Waals surface area (Å²) >= 11 is 6.03. The summed E-state index contributed by atoms with van der Waals surface area (Å²) in [6, 6.07) is 14.0. The molecule has 0 radical (unpaired) electrons. The molecule has 0 aliphatic rings. The highest BCUT2D eigenvalue weighted by Gasteiger charge is 2.16. The van der Waals surface area contributed by atoms with Gasteiger partial charge in [-0.3, -0.25) is 9.59 Å². The van der Waals surface area contributed by atoms with Crippen LogP contribution in [0.15, 0.2) is 48.5 Å². The number of nitrogens with zero attached hydrogens (tertiary/aromatic N) is 1. The summed E-state index contributed by atoms with van der Waals surface area (Å²) in [4.78, 5) is 23.8. The summed E-state index contributed by atoms with van der Waals surface area (Å²) in [7, 11) is 1.83. The van der Waals surface area contributed by atoms with Crippen molar-refractivity contribution in [2.75, 3.05) is 0 Å². The summed E-state index contributed by atoms with van der Waals surface area (Å²) in [5.74, 6) is -0.654. The van der Waals surface area contributed by atoms with Crippen LogP contribution in [0.3, 0.4) is 0 Å². The monoisotopic (exact) mass is 355 g/mol. The first-order chi connectivity index (χ1) is 11.9. The lowest BCUT2D eigenvalue weighted by Crippen LogP contribution is -2.28. The Morgan fingerprint density at radius 2 is 1.80 bits per heavy atom. The molecule has 0 spiro atoms. The number of carbonyl (C=O) groups excluding carboxylic acids is 2. The molecule has 3 rings (SSSR count). The molecule has 2 aromatic carbocycles. The number of nitrogens with one attached hydrogen (secondary N) is 1. The van der Waals surface area contributed by atoms with Crippen LogP contribution in [0.5, 0.6) is 0 Å². The van der Waals surface area contributed by atoms with Crippen molar-refractivity contribution >= 4 is 34.3 Å². The van der Waals surface area contributed by atoms with Gasteiger partial charge >= 0.3 is 0 Å². The average molecular weight is 356 g/mol. The molecule has 128 valence electrons. The second kappa shape index (κ2) is 6.61. The van der Waals surface area contributed by atoms with E-state index in [0.717, 1.165) is 16.5 Å². The lowest BCUT2D eigenvalue weighted by molar-refractivity contribution is 0.0930. The number of primary amides is 1. The Kier molecular flexibility index (Phi) is 4.51. The zero-order valence-electron chi connectivity index (χ0n) is 13.9. The smallest absolute Gasteiger partial charge is 0.268 e. The van der Waals surface area contributed by atoms with E-state index in [-0.39, 0.29) is 11.9 Å². The average Bonchev–Trinajstić information content (AvgIpc) is 2.91. The van der Waals surface area contributed by atoms with Crippen molar-refractivity contribution in [3.63, 3.8) is 0 Å². The molecule has 0 bridgehead atoms. The maximum absolute atomic E-state index is 12.6. The molecule has 25 heavy (non-hydrogen) atoms. The van der Waals surface area contributed by atoms with Crippen molar-refractivity contribution in [3.8, 4) is 0 Å². The van der Waals surface area contributed by atoms with Gasteiger partial charge in [0.05, 0.1) is 6.04 Å². The van der Waals surface area contributed by atoms with E-state index in [1.54, 1.807) is 30.3 Å². The predicted molar refractivity (Wildman–Crippen MR) is 98.8 cm³/mol. The van der Waals surface area contributed by atoms with E-state index in [2.05, 4.69) is 5.32 Å². The summed E-state index contributed by atoms with van der Waals surface area (Å²) < 4.78 is 1.82. The van der Waals surface area contributed by atoms with E-state index in [0.29, 0.717) is 16.3 Å². The van der Waals surface area contributed by atoms with Crippen LogP contribution in [0.25, 0.3) is 10.9 Å². The van der Waals surface area contributed by atoms with Gasteiger partial charge in [-0.25, -0.2) is 0 Å². The van der Waals surface area contributed by atoms with Crippen LogP contribution in [-0.2, 0) is 7.05 Å². The van der Waals surface area contributed by atoms with Gasteiger partial charge in [0.15, 0.2) is 0 Å². The lowest BCUT2D eigenvalue weighted by atomic mass is 10.1. The van der Waals surface area contributed by atoms with Gasteiger partial charge in [0.2, 0.25) is 5.91 Å². The Labute approximate surface area is 150 Å². The van der Waals surface area contributed by atoms with Gasteiger partial charge in [0.1, 0.15) is 5.69 Å². The van der Waals surface area contributed by atoms with E-state index >= 15 is 0 Å². The SMILES string of the molecule is C[C@@H](NC(=O)c1cc2ccc(Cl)cc2n1C)c1ccc(C(N)=O)cc1. The quantitative estimate of drug-likeness (QED) is 0.752. The number of aryl methyl sites for hydroxylation is 1. The zero-order chi connectivity index (χ0) is 18.1. The summed E-state index contributed by atoms with van der Waals surface area (Å²) in [6.45, 7) is 1.89. The molecular formula is C19H18ClN3O2. The number of carbonyl (C=O) groups is 2.